The zero-order chi connectivity index (χ0) is 13.8. The molecule has 1 N–H and O–H groups in total. The minimum Gasteiger partial charge on any atom is -0.478 e. The van der Waals surface area contributed by atoms with Crippen molar-refractivity contribution in [3.8, 4) is 0 Å². The van der Waals surface area contributed by atoms with Gasteiger partial charge in [0, 0.05) is 12.6 Å². The summed E-state index contributed by atoms with van der Waals surface area (Å²) in [4.78, 5) is 13.3. The fourth-order valence-electron chi connectivity index (χ4n) is 2.80. The Hall–Kier alpha value is -1.42. The number of carboxylic acids is 1. The van der Waals surface area contributed by atoms with Crippen LogP contribution >= 0.6 is 0 Å². The van der Waals surface area contributed by atoms with Gasteiger partial charge in [-0.25, -0.2) is 9.18 Å². The van der Waals surface area contributed by atoms with Crippen LogP contribution in [0.3, 0.4) is 0 Å². The number of carboxylic acid groups (broad SMARTS) is 1. The van der Waals surface area contributed by atoms with Crippen LogP contribution < -0.4 is 0 Å². The van der Waals surface area contributed by atoms with E-state index in [0.717, 1.165) is 18.5 Å². The largest absolute Gasteiger partial charge is 0.478 e. The molecule has 0 spiro atoms. The van der Waals surface area contributed by atoms with Gasteiger partial charge in [0.25, 0.3) is 0 Å². The number of hydrogen-bond acceptors (Lipinski definition) is 2. The van der Waals surface area contributed by atoms with Gasteiger partial charge < -0.3 is 5.11 Å². The third kappa shape index (κ3) is 3.32. The first-order valence-corrected chi connectivity index (χ1v) is 6.87. The van der Waals surface area contributed by atoms with Crippen LogP contribution in [0.5, 0.6) is 0 Å². The van der Waals surface area contributed by atoms with Crippen molar-refractivity contribution in [2.75, 3.05) is 6.54 Å². The van der Waals surface area contributed by atoms with E-state index in [9.17, 15) is 9.18 Å². The molecule has 0 aromatic heterocycles. The van der Waals surface area contributed by atoms with Crippen LogP contribution in [-0.4, -0.2) is 28.6 Å². The molecule has 3 nitrogen and oxygen atoms in total. The predicted molar refractivity (Wildman–Crippen MR) is 71.7 cm³/mol. The molecule has 1 atom stereocenters. The van der Waals surface area contributed by atoms with Crippen LogP contribution in [-0.2, 0) is 6.54 Å². The molecule has 2 rings (SSSR count). The normalized spacial score (nSPS) is 20.4. The van der Waals surface area contributed by atoms with Crippen molar-refractivity contribution >= 4 is 5.97 Å². The van der Waals surface area contributed by atoms with E-state index in [1.54, 1.807) is 6.07 Å². The SMILES string of the molecule is CCC1CCCCN1Cc1ccc(F)c(C(=O)O)c1. The molecule has 1 heterocycles. The van der Waals surface area contributed by atoms with Gasteiger partial charge in [0.2, 0.25) is 0 Å². The minimum atomic E-state index is -1.20. The summed E-state index contributed by atoms with van der Waals surface area (Å²) >= 11 is 0. The molecule has 1 fully saturated rings. The molecule has 1 unspecified atom stereocenters. The zero-order valence-electron chi connectivity index (χ0n) is 11.2. The van der Waals surface area contributed by atoms with Crippen molar-refractivity contribution in [2.45, 2.75) is 45.2 Å². The van der Waals surface area contributed by atoms with Crippen molar-refractivity contribution in [1.29, 1.82) is 0 Å². The maximum absolute atomic E-state index is 13.3. The zero-order valence-corrected chi connectivity index (χ0v) is 11.2. The molecule has 1 aromatic carbocycles. The van der Waals surface area contributed by atoms with Gasteiger partial charge in [-0.2, -0.15) is 0 Å². The molecule has 19 heavy (non-hydrogen) atoms. The van der Waals surface area contributed by atoms with Gasteiger partial charge in [-0.3, -0.25) is 4.90 Å². The quantitative estimate of drug-likeness (QED) is 0.908. The lowest BCUT2D eigenvalue weighted by Crippen LogP contribution is -2.38. The van der Waals surface area contributed by atoms with E-state index in [0.29, 0.717) is 12.6 Å². The second-order valence-corrected chi connectivity index (χ2v) is 5.15. The van der Waals surface area contributed by atoms with Crippen LogP contribution in [0.25, 0.3) is 0 Å². The molecule has 1 saturated heterocycles. The summed E-state index contributed by atoms with van der Waals surface area (Å²) in [5, 5.41) is 8.94. The second kappa shape index (κ2) is 6.15. The minimum absolute atomic E-state index is 0.234. The van der Waals surface area contributed by atoms with E-state index in [2.05, 4.69) is 11.8 Å². The Balaban J connectivity index is 2.14. The molecule has 104 valence electrons. The number of piperidine rings is 1. The lowest BCUT2D eigenvalue weighted by molar-refractivity contribution is 0.0691. The summed E-state index contributed by atoms with van der Waals surface area (Å²) in [5.74, 6) is -1.87. The Morgan fingerprint density at radius 3 is 2.95 bits per heavy atom. The molecular weight excluding hydrogens is 245 g/mol. The monoisotopic (exact) mass is 265 g/mol. The maximum atomic E-state index is 13.3. The van der Waals surface area contributed by atoms with Crippen molar-refractivity contribution in [3.05, 3.63) is 35.1 Å². The molecular formula is C15H20FNO2. The third-order valence-electron chi connectivity index (χ3n) is 3.87. The first-order valence-electron chi connectivity index (χ1n) is 6.87. The summed E-state index contributed by atoms with van der Waals surface area (Å²) in [7, 11) is 0. The van der Waals surface area contributed by atoms with Crippen molar-refractivity contribution in [2.24, 2.45) is 0 Å². The first-order chi connectivity index (χ1) is 9.11. The van der Waals surface area contributed by atoms with Gasteiger partial charge in [-0.15, -0.1) is 0 Å². The Kier molecular flexibility index (Phi) is 4.53. The van der Waals surface area contributed by atoms with Crippen LogP contribution in [0.2, 0.25) is 0 Å². The van der Waals surface area contributed by atoms with Gasteiger partial charge in [-0.1, -0.05) is 19.4 Å². The highest BCUT2D eigenvalue weighted by atomic mass is 19.1. The van der Waals surface area contributed by atoms with Crippen LogP contribution in [0.4, 0.5) is 4.39 Å². The Bertz CT molecular complexity index is 461. The smallest absolute Gasteiger partial charge is 0.338 e. The van der Waals surface area contributed by atoms with Crippen molar-refractivity contribution in [1.82, 2.24) is 4.90 Å². The lowest BCUT2D eigenvalue weighted by Gasteiger charge is -2.35. The number of hydrogen-bond donors (Lipinski definition) is 1. The summed E-state index contributed by atoms with van der Waals surface area (Å²) < 4.78 is 13.3. The van der Waals surface area contributed by atoms with Crippen molar-refractivity contribution < 1.29 is 14.3 Å². The van der Waals surface area contributed by atoms with E-state index in [1.807, 2.05) is 0 Å². The van der Waals surface area contributed by atoms with Crippen LogP contribution in [0, 0.1) is 5.82 Å². The van der Waals surface area contributed by atoms with Crippen LogP contribution in [0.1, 0.15) is 48.5 Å². The second-order valence-electron chi connectivity index (χ2n) is 5.15. The highest BCUT2D eigenvalue weighted by molar-refractivity contribution is 5.88. The Morgan fingerprint density at radius 1 is 1.47 bits per heavy atom. The summed E-state index contributed by atoms with van der Waals surface area (Å²) in [6.07, 6.45) is 4.75. The van der Waals surface area contributed by atoms with Gasteiger partial charge >= 0.3 is 5.97 Å². The van der Waals surface area contributed by atoms with Crippen molar-refractivity contribution in [3.63, 3.8) is 0 Å². The fourth-order valence-corrected chi connectivity index (χ4v) is 2.80. The molecule has 1 aliphatic rings. The molecule has 4 heteroatoms. The molecule has 0 aliphatic carbocycles. The molecule has 1 aromatic rings. The highest BCUT2D eigenvalue weighted by Gasteiger charge is 2.21. The summed E-state index contributed by atoms with van der Waals surface area (Å²) in [6.45, 7) is 3.92. The lowest BCUT2D eigenvalue weighted by atomic mass is 9.99. The third-order valence-corrected chi connectivity index (χ3v) is 3.87. The number of nitrogens with zero attached hydrogens (tertiary/aromatic N) is 1. The van der Waals surface area contributed by atoms with Crippen LogP contribution in [0.15, 0.2) is 18.2 Å². The van der Waals surface area contributed by atoms with Gasteiger partial charge in [0.15, 0.2) is 0 Å². The fraction of sp³-hybridized carbons (Fsp3) is 0.533. The summed E-state index contributed by atoms with van der Waals surface area (Å²) in [6, 6.07) is 4.96. The van der Waals surface area contributed by atoms with E-state index < -0.39 is 11.8 Å². The Morgan fingerprint density at radius 2 is 2.26 bits per heavy atom. The topological polar surface area (TPSA) is 40.5 Å². The number of halogens is 1. The van der Waals surface area contributed by atoms with E-state index in [1.165, 1.54) is 31.4 Å². The van der Waals surface area contributed by atoms with Gasteiger partial charge in [0.05, 0.1) is 5.56 Å². The molecule has 0 bridgehead atoms. The highest BCUT2D eigenvalue weighted by Crippen LogP contribution is 2.22. The number of benzene rings is 1. The summed E-state index contributed by atoms with van der Waals surface area (Å²) in [5.41, 5.74) is 0.640. The number of rotatable bonds is 4. The molecule has 0 radical (unpaired) electrons. The number of likely N-dealkylation sites (tertiary alicyclic amines) is 1. The molecule has 1 aliphatic heterocycles. The van der Waals surface area contributed by atoms with E-state index in [4.69, 9.17) is 5.11 Å². The number of carbonyl (C=O) groups is 1. The molecule has 0 amide bonds. The van der Waals surface area contributed by atoms with Gasteiger partial charge in [-0.05, 0) is 43.5 Å². The van der Waals surface area contributed by atoms with E-state index in [-0.39, 0.29) is 5.56 Å². The molecule has 0 saturated carbocycles. The van der Waals surface area contributed by atoms with E-state index >= 15 is 0 Å². The average Bonchev–Trinajstić information content (AvgIpc) is 2.41. The standard InChI is InChI=1S/C15H20FNO2/c1-2-12-5-3-4-8-17(12)10-11-6-7-14(16)13(9-11)15(18)19/h6-7,9,12H,2-5,8,10H2,1H3,(H,18,19). The Labute approximate surface area is 113 Å². The maximum Gasteiger partial charge on any atom is 0.338 e. The average molecular weight is 265 g/mol. The first kappa shape index (κ1) is 14.0. The van der Waals surface area contributed by atoms with Gasteiger partial charge in [0.1, 0.15) is 5.82 Å². The predicted octanol–water partition coefficient (Wildman–Crippen LogP) is 3.29. The number of aromatic carboxylic acids is 1.